The van der Waals surface area contributed by atoms with E-state index < -0.39 is 0 Å². The molecule has 0 aromatic carbocycles. The van der Waals surface area contributed by atoms with Crippen LogP contribution < -0.4 is 0 Å². The molecule has 10 heavy (non-hydrogen) atoms. The summed E-state index contributed by atoms with van der Waals surface area (Å²) in [6.45, 7) is 0. The Bertz CT molecular complexity index is 164. The number of hydrogen-bond donors (Lipinski definition) is 0. The lowest BCUT2D eigenvalue weighted by molar-refractivity contribution is -0.0940. The Morgan fingerprint density at radius 3 is 1.90 bits per heavy atom. The Hall–Kier alpha value is 0. The van der Waals surface area contributed by atoms with Crippen molar-refractivity contribution in [2.75, 3.05) is 0 Å². The van der Waals surface area contributed by atoms with Gasteiger partial charge in [-0.2, -0.15) is 0 Å². The maximum atomic E-state index is 1.64. The second-order valence-corrected chi connectivity index (χ2v) is 4.98. The van der Waals surface area contributed by atoms with Gasteiger partial charge in [0, 0.05) is 0 Å². The fourth-order valence-electron chi connectivity index (χ4n) is 4.58. The molecule has 0 aliphatic heterocycles. The molecule has 0 amide bonds. The predicted molar refractivity (Wildman–Crippen MR) is 39.4 cm³/mol. The van der Waals surface area contributed by atoms with Crippen molar-refractivity contribution in [3.05, 3.63) is 0 Å². The first-order valence-corrected chi connectivity index (χ1v) is 4.97. The summed E-state index contributed by atoms with van der Waals surface area (Å²) in [6.07, 6.45) is 6.42. The quantitative estimate of drug-likeness (QED) is 0.477. The van der Waals surface area contributed by atoms with Crippen LogP contribution in [-0.2, 0) is 0 Å². The summed E-state index contributed by atoms with van der Waals surface area (Å²) in [5.74, 6) is 7.58. The van der Waals surface area contributed by atoms with Crippen LogP contribution in [0.2, 0.25) is 0 Å². The van der Waals surface area contributed by atoms with Gasteiger partial charge in [-0.25, -0.2) is 0 Å². The largest absolute Gasteiger partial charge is 0.0527 e. The molecule has 4 aliphatic carbocycles. The van der Waals surface area contributed by atoms with Crippen LogP contribution in [0.1, 0.15) is 25.7 Å². The highest BCUT2D eigenvalue weighted by Crippen LogP contribution is 2.79. The zero-order valence-electron chi connectivity index (χ0n) is 6.29. The Kier molecular flexibility index (Phi) is 0.570. The predicted octanol–water partition coefficient (Wildman–Crippen LogP) is 2.30. The van der Waals surface area contributed by atoms with Gasteiger partial charge in [0.1, 0.15) is 0 Å². The Labute approximate surface area is 62.0 Å². The minimum absolute atomic E-state index is 1.24. The molecule has 0 radical (unpaired) electrons. The van der Waals surface area contributed by atoms with Crippen molar-refractivity contribution in [1.82, 2.24) is 0 Å². The average molecular weight is 134 g/mol. The van der Waals surface area contributed by atoms with Gasteiger partial charge in [-0.15, -0.1) is 0 Å². The highest BCUT2D eigenvalue weighted by molar-refractivity contribution is 5.21. The summed E-state index contributed by atoms with van der Waals surface area (Å²) in [6, 6.07) is 0. The molecule has 4 saturated carbocycles. The van der Waals surface area contributed by atoms with Gasteiger partial charge in [-0.1, -0.05) is 6.42 Å². The topological polar surface area (TPSA) is 0 Å². The van der Waals surface area contributed by atoms with Gasteiger partial charge in [0.15, 0.2) is 0 Å². The van der Waals surface area contributed by atoms with Crippen LogP contribution in [0.15, 0.2) is 0 Å². The Morgan fingerprint density at radius 2 is 1.30 bits per heavy atom. The minimum atomic E-state index is 1.24. The zero-order valence-corrected chi connectivity index (χ0v) is 6.29. The maximum absolute atomic E-state index is 1.64. The highest BCUT2D eigenvalue weighted by atomic mass is 14.8. The van der Waals surface area contributed by atoms with Gasteiger partial charge in [-0.05, 0) is 54.8 Å². The first-order valence-electron chi connectivity index (χ1n) is 4.97. The van der Waals surface area contributed by atoms with Crippen molar-refractivity contribution in [3.63, 3.8) is 0 Å². The van der Waals surface area contributed by atoms with E-state index in [1.165, 1.54) is 35.5 Å². The zero-order chi connectivity index (χ0) is 6.29. The summed E-state index contributed by atoms with van der Waals surface area (Å²) >= 11 is 0. The molecule has 54 valence electrons. The molecule has 0 aromatic heterocycles. The summed E-state index contributed by atoms with van der Waals surface area (Å²) in [4.78, 5) is 0. The van der Waals surface area contributed by atoms with Gasteiger partial charge in [0.05, 0.1) is 0 Å². The molecule has 0 heteroatoms. The molecule has 0 bridgehead atoms. The van der Waals surface area contributed by atoms with Crippen molar-refractivity contribution >= 4 is 0 Å². The lowest BCUT2D eigenvalue weighted by atomic mass is 9.48. The van der Waals surface area contributed by atoms with Crippen LogP contribution in [0.25, 0.3) is 0 Å². The number of hydrogen-bond acceptors (Lipinski definition) is 0. The smallest absolute Gasteiger partial charge is 0.0318 e. The van der Waals surface area contributed by atoms with E-state index in [4.69, 9.17) is 0 Å². The normalized spacial score (nSPS) is 74.4. The van der Waals surface area contributed by atoms with Crippen molar-refractivity contribution in [1.29, 1.82) is 0 Å². The molecule has 4 aliphatic rings. The molecule has 4 rings (SSSR count). The maximum Gasteiger partial charge on any atom is -0.0318 e. The first kappa shape index (κ1) is 4.79. The summed E-state index contributed by atoms with van der Waals surface area (Å²) in [5.41, 5.74) is 0. The number of fused-ring (bicyclic) bond motifs is 7. The molecule has 0 heterocycles. The van der Waals surface area contributed by atoms with Crippen LogP contribution in [0.4, 0.5) is 0 Å². The van der Waals surface area contributed by atoms with E-state index in [0.717, 1.165) is 0 Å². The fourth-order valence-corrected chi connectivity index (χ4v) is 4.58. The molecule has 0 spiro atoms. The Morgan fingerprint density at radius 1 is 0.700 bits per heavy atom. The van der Waals surface area contributed by atoms with Gasteiger partial charge >= 0.3 is 0 Å². The lowest BCUT2D eigenvalue weighted by Crippen LogP contribution is -2.52. The van der Waals surface area contributed by atoms with Gasteiger partial charge in [-0.3, -0.25) is 0 Å². The van der Waals surface area contributed by atoms with Gasteiger partial charge in [0.2, 0.25) is 0 Å². The molecular formula is C10H14. The van der Waals surface area contributed by atoms with Crippen LogP contribution in [0.3, 0.4) is 0 Å². The average Bonchev–Trinajstić information content (AvgIpc) is 2.32. The van der Waals surface area contributed by atoms with Crippen LogP contribution in [-0.4, -0.2) is 0 Å². The van der Waals surface area contributed by atoms with Crippen LogP contribution in [0.5, 0.6) is 0 Å². The van der Waals surface area contributed by atoms with Crippen LogP contribution >= 0.6 is 0 Å². The summed E-state index contributed by atoms with van der Waals surface area (Å²) in [7, 11) is 0. The van der Waals surface area contributed by atoms with Crippen molar-refractivity contribution in [2.45, 2.75) is 25.7 Å². The SMILES string of the molecule is C1CC2C3C4CC4C3[C@@H]2C1. The fraction of sp³-hybridized carbons (Fsp3) is 1.00. The molecule has 5 unspecified atom stereocenters. The van der Waals surface area contributed by atoms with Gasteiger partial charge in [0.25, 0.3) is 0 Å². The second kappa shape index (κ2) is 1.19. The van der Waals surface area contributed by atoms with E-state index in [2.05, 4.69) is 0 Å². The molecule has 4 fully saturated rings. The van der Waals surface area contributed by atoms with E-state index >= 15 is 0 Å². The molecule has 6 atom stereocenters. The third-order valence-electron chi connectivity index (χ3n) is 4.94. The standard InChI is InChI=1S/C10H14/c1-2-5-6(3-1)10-8-4-7(8)9(5)10/h5-10H,1-4H2/t5-,6?,7?,8?,9?,10?/m1/s1. The van der Waals surface area contributed by atoms with Crippen molar-refractivity contribution < 1.29 is 0 Å². The molecule has 0 aromatic rings. The number of rotatable bonds is 0. The van der Waals surface area contributed by atoms with Crippen molar-refractivity contribution in [2.24, 2.45) is 35.5 Å². The monoisotopic (exact) mass is 134 g/mol. The lowest BCUT2D eigenvalue weighted by Gasteiger charge is -2.56. The highest BCUT2D eigenvalue weighted by Gasteiger charge is 2.73. The molecule has 0 nitrogen and oxygen atoms in total. The first-order chi connectivity index (χ1) is 4.97. The third-order valence-corrected chi connectivity index (χ3v) is 4.94. The van der Waals surface area contributed by atoms with E-state index in [9.17, 15) is 0 Å². The van der Waals surface area contributed by atoms with E-state index in [1.807, 2.05) is 0 Å². The third kappa shape index (κ3) is 0.302. The summed E-state index contributed by atoms with van der Waals surface area (Å²) in [5, 5.41) is 0. The second-order valence-electron chi connectivity index (χ2n) is 4.98. The molecule has 0 N–H and O–H groups in total. The van der Waals surface area contributed by atoms with Gasteiger partial charge < -0.3 is 0 Å². The molecule has 0 saturated heterocycles. The van der Waals surface area contributed by atoms with Crippen molar-refractivity contribution in [3.8, 4) is 0 Å². The Balaban J connectivity index is 1.73. The van der Waals surface area contributed by atoms with E-state index in [-0.39, 0.29) is 0 Å². The molecular weight excluding hydrogens is 120 g/mol. The van der Waals surface area contributed by atoms with E-state index in [1.54, 1.807) is 25.7 Å². The van der Waals surface area contributed by atoms with Crippen LogP contribution in [0, 0.1) is 35.5 Å². The minimum Gasteiger partial charge on any atom is -0.0527 e. The van der Waals surface area contributed by atoms with E-state index in [0.29, 0.717) is 0 Å². The summed E-state index contributed by atoms with van der Waals surface area (Å²) < 4.78 is 0.